The van der Waals surface area contributed by atoms with Crippen LogP contribution in [-0.2, 0) is 9.59 Å². The predicted molar refractivity (Wildman–Crippen MR) is 64.4 cm³/mol. The first-order valence-corrected chi connectivity index (χ1v) is 6.39. The molecule has 2 fully saturated rings. The van der Waals surface area contributed by atoms with E-state index in [1.165, 1.54) is 17.7 Å². The molecule has 0 aliphatic carbocycles. The van der Waals surface area contributed by atoms with Crippen LogP contribution in [-0.4, -0.2) is 61.4 Å². The molecule has 2 aliphatic heterocycles. The summed E-state index contributed by atoms with van der Waals surface area (Å²) in [7, 11) is 1.68. The van der Waals surface area contributed by atoms with Gasteiger partial charge in [0.25, 0.3) is 0 Å². The van der Waals surface area contributed by atoms with Gasteiger partial charge in [0, 0.05) is 13.6 Å². The summed E-state index contributed by atoms with van der Waals surface area (Å²) < 4.78 is 0. The Morgan fingerprint density at radius 1 is 1.29 bits per heavy atom. The van der Waals surface area contributed by atoms with Crippen LogP contribution in [0, 0.1) is 5.92 Å². The van der Waals surface area contributed by atoms with Crippen LogP contribution in [0.4, 0.5) is 0 Å². The zero-order valence-corrected chi connectivity index (χ0v) is 10.4. The lowest BCUT2D eigenvalue weighted by Crippen LogP contribution is -2.52. The molecule has 0 aromatic rings. The van der Waals surface area contributed by atoms with E-state index in [1.54, 1.807) is 11.9 Å². The molecule has 5 nitrogen and oxygen atoms in total. The number of amides is 2. The first-order valence-electron chi connectivity index (χ1n) is 6.39. The molecule has 0 radical (unpaired) electrons. The van der Waals surface area contributed by atoms with Gasteiger partial charge in [-0.3, -0.25) is 9.59 Å². The fraction of sp³-hybridized carbons (Fsp3) is 0.833. The standard InChI is InChI=1S/C12H21N3O2/c1-14-8-12(17)15(9-11(14)16)6-4-10-3-2-5-13-7-10/h10,13H,2-9H2,1H3. The van der Waals surface area contributed by atoms with Crippen LogP contribution < -0.4 is 5.32 Å². The Morgan fingerprint density at radius 2 is 2.12 bits per heavy atom. The predicted octanol–water partition coefficient (Wildman–Crippen LogP) is -0.323. The van der Waals surface area contributed by atoms with Crippen molar-refractivity contribution in [3.63, 3.8) is 0 Å². The second-order valence-corrected chi connectivity index (χ2v) is 5.07. The van der Waals surface area contributed by atoms with Crippen molar-refractivity contribution in [3.05, 3.63) is 0 Å². The van der Waals surface area contributed by atoms with Gasteiger partial charge in [-0.05, 0) is 38.3 Å². The van der Waals surface area contributed by atoms with Gasteiger partial charge in [0.2, 0.25) is 11.8 Å². The fourth-order valence-corrected chi connectivity index (χ4v) is 2.48. The molecule has 0 aromatic carbocycles. The highest BCUT2D eigenvalue weighted by Crippen LogP contribution is 2.15. The quantitative estimate of drug-likeness (QED) is 0.734. The second-order valence-electron chi connectivity index (χ2n) is 5.07. The highest BCUT2D eigenvalue weighted by atomic mass is 16.2. The monoisotopic (exact) mass is 239 g/mol. The van der Waals surface area contributed by atoms with Crippen molar-refractivity contribution in [1.82, 2.24) is 15.1 Å². The SMILES string of the molecule is CN1CC(=O)N(CCC2CCCNC2)CC1=O. The number of carbonyl (C=O) groups is 2. The average molecular weight is 239 g/mol. The molecular weight excluding hydrogens is 218 g/mol. The van der Waals surface area contributed by atoms with Gasteiger partial charge in [-0.25, -0.2) is 0 Å². The minimum absolute atomic E-state index is 0.0476. The van der Waals surface area contributed by atoms with Crippen LogP contribution in [0.1, 0.15) is 19.3 Å². The molecule has 2 aliphatic rings. The average Bonchev–Trinajstić information content (AvgIpc) is 2.33. The molecule has 1 N–H and O–H groups in total. The van der Waals surface area contributed by atoms with E-state index < -0.39 is 0 Å². The molecule has 17 heavy (non-hydrogen) atoms. The van der Waals surface area contributed by atoms with Crippen LogP contribution >= 0.6 is 0 Å². The normalized spacial score (nSPS) is 26.5. The maximum Gasteiger partial charge on any atom is 0.242 e. The highest BCUT2D eigenvalue weighted by Gasteiger charge is 2.27. The highest BCUT2D eigenvalue weighted by molar-refractivity contribution is 5.92. The first kappa shape index (κ1) is 12.4. The topological polar surface area (TPSA) is 52.7 Å². The van der Waals surface area contributed by atoms with E-state index in [1.807, 2.05) is 0 Å². The number of hydrogen-bond donors (Lipinski definition) is 1. The van der Waals surface area contributed by atoms with E-state index >= 15 is 0 Å². The first-order chi connectivity index (χ1) is 8.16. The smallest absolute Gasteiger partial charge is 0.242 e. The number of hydrogen-bond acceptors (Lipinski definition) is 3. The largest absolute Gasteiger partial charge is 0.335 e. The lowest BCUT2D eigenvalue weighted by molar-refractivity contribution is -0.148. The summed E-state index contributed by atoms with van der Waals surface area (Å²) in [6.07, 6.45) is 3.47. The molecule has 1 atom stereocenters. The molecular formula is C12H21N3O2. The number of piperazine rings is 1. The summed E-state index contributed by atoms with van der Waals surface area (Å²) in [4.78, 5) is 26.5. The van der Waals surface area contributed by atoms with Gasteiger partial charge in [0.15, 0.2) is 0 Å². The van der Waals surface area contributed by atoms with Gasteiger partial charge >= 0.3 is 0 Å². The summed E-state index contributed by atoms with van der Waals surface area (Å²) in [5.74, 6) is 0.786. The number of nitrogens with one attached hydrogen (secondary N) is 1. The van der Waals surface area contributed by atoms with Gasteiger partial charge in [-0.15, -0.1) is 0 Å². The molecule has 2 amide bonds. The number of piperidine rings is 1. The van der Waals surface area contributed by atoms with Crippen LogP contribution in [0.15, 0.2) is 0 Å². The van der Waals surface area contributed by atoms with Crippen molar-refractivity contribution in [2.75, 3.05) is 39.8 Å². The van der Waals surface area contributed by atoms with E-state index in [0.29, 0.717) is 5.92 Å². The Labute approximate surface area is 102 Å². The third-order valence-electron chi connectivity index (χ3n) is 3.68. The van der Waals surface area contributed by atoms with E-state index in [2.05, 4.69) is 5.32 Å². The van der Waals surface area contributed by atoms with Crippen molar-refractivity contribution in [1.29, 1.82) is 0 Å². The zero-order chi connectivity index (χ0) is 12.3. The Morgan fingerprint density at radius 3 is 2.82 bits per heavy atom. The van der Waals surface area contributed by atoms with Crippen LogP contribution in [0.25, 0.3) is 0 Å². The summed E-state index contributed by atoms with van der Waals surface area (Å²) in [5.41, 5.74) is 0. The van der Waals surface area contributed by atoms with Gasteiger partial charge in [-0.2, -0.15) is 0 Å². The maximum absolute atomic E-state index is 11.7. The van der Waals surface area contributed by atoms with Crippen molar-refractivity contribution >= 4 is 11.8 Å². The molecule has 0 spiro atoms. The number of rotatable bonds is 3. The third-order valence-corrected chi connectivity index (χ3v) is 3.68. The van der Waals surface area contributed by atoms with Crippen LogP contribution in [0.2, 0.25) is 0 Å². The van der Waals surface area contributed by atoms with Crippen molar-refractivity contribution < 1.29 is 9.59 Å². The Hall–Kier alpha value is -1.10. The van der Waals surface area contributed by atoms with E-state index in [4.69, 9.17) is 0 Å². The molecule has 96 valence electrons. The van der Waals surface area contributed by atoms with Gasteiger partial charge in [0.1, 0.15) is 0 Å². The minimum Gasteiger partial charge on any atom is -0.335 e. The Bertz CT molecular complexity index is 300. The molecule has 0 aromatic heterocycles. The number of carbonyl (C=O) groups excluding carboxylic acids is 2. The number of likely N-dealkylation sites (N-methyl/N-ethyl adjacent to an activating group) is 1. The minimum atomic E-state index is 0.0476. The molecule has 2 saturated heterocycles. The van der Waals surface area contributed by atoms with Gasteiger partial charge in [-0.1, -0.05) is 0 Å². The second kappa shape index (κ2) is 5.49. The van der Waals surface area contributed by atoms with Crippen LogP contribution in [0.3, 0.4) is 0 Å². The Kier molecular flexibility index (Phi) is 3.99. The summed E-state index contributed by atoms with van der Waals surface area (Å²) >= 11 is 0. The summed E-state index contributed by atoms with van der Waals surface area (Å²) in [6, 6.07) is 0. The fourth-order valence-electron chi connectivity index (χ4n) is 2.48. The molecule has 2 rings (SSSR count). The lowest BCUT2D eigenvalue weighted by atomic mass is 9.96. The van der Waals surface area contributed by atoms with Gasteiger partial charge in [0.05, 0.1) is 13.1 Å². The van der Waals surface area contributed by atoms with E-state index in [9.17, 15) is 9.59 Å². The van der Waals surface area contributed by atoms with E-state index in [0.717, 1.165) is 26.1 Å². The molecule has 0 saturated carbocycles. The van der Waals surface area contributed by atoms with Crippen molar-refractivity contribution in [2.24, 2.45) is 5.92 Å². The summed E-state index contributed by atoms with van der Waals surface area (Å²) in [6.45, 7) is 3.39. The Balaban J connectivity index is 1.78. The van der Waals surface area contributed by atoms with E-state index in [-0.39, 0.29) is 24.9 Å². The van der Waals surface area contributed by atoms with Crippen molar-refractivity contribution in [3.8, 4) is 0 Å². The molecule has 0 bridgehead atoms. The zero-order valence-electron chi connectivity index (χ0n) is 10.4. The molecule has 5 heteroatoms. The molecule has 1 unspecified atom stereocenters. The summed E-state index contributed by atoms with van der Waals surface area (Å²) in [5, 5.41) is 3.37. The lowest BCUT2D eigenvalue weighted by Gasteiger charge is -2.33. The molecule has 2 heterocycles. The van der Waals surface area contributed by atoms with Gasteiger partial charge < -0.3 is 15.1 Å². The van der Waals surface area contributed by atoms with Crippen LogP contribution in [0.5, 0.6) is 0 Å². The third kappa shape index (κ3) is 3.19. The van der Waals surface area contributed by atoms with Crippen molar-refractivity contribution in [2.45, 2.75) is 19.3 Å². The number of nitrogens with zero attached hydrogens (tertiary/aromatic N) is 2. The maximum atomic E-state index is 11.7.